The van der Waals surface area contributed by atoms with Crippen LogP contribution in [0.4, 0.5) is 0 Å². The highest BCUT2D eigenvalue weighted by Gasteiger charge is 2.01. The van der Waals surface area contributed by atoms with Crippen LogP contribution >= 0.6 is 11.8 Å². The number of carbonyl (C=O) groups is 1. The zero-order valence-corrected chi connectivity index (χ0v) is 10.3. The highest BCUT2D eigenvalue weighted by atomic mass is 32.2. The van der Waals surface area contributed by atoms with Gasteiger partial charge in [0.15, 0.2) is 11.4 Å². The van der Waals surface area contributed by atoms with Crippen molar-refractivity contribution in [1.82, 2.24) is 9.97 Å². The van der Waals surface area contributed by atoms with Gasteiger partial charge in [-0.3, -0.25) is 4.79 Å². The summed E-state index contributed by atoms with van der Waals surface area (Å²) in [4.78, 5) is 18.7. The highest BCUT2D eigenvalue weighted by molar-refractivity contribution is 7.98. The van der Waals surface area contributed by atoms with Gasteiger partial charge < -0.3 is 0 Å². The van der Waals surface area contributed by atoms with E-state index in [2.05, 4.69) is 29.0 Å². The predicted octanol–water partition coefficient (Wildman–Crippen LogP) is 2.89. The van der Waals surface area contributed by atoms with Crippen LogP contribution in [-0.2, 0) is 5.75 Å². The minimum Gasteiger partial charge on any atom is -0.298 e. The Labute approximate surface area is 104 Å². The summed E-state index contributed by atoms with van der Waals surface area (Å²) in [5.41, 5.74) is 3.05. The molecular weight excluding hydrogens is 232 g/mol. The van der Waals surface area contributed by atoms with Crippen LogP contribution in [0.1, 0.15) is 21.5 Å². The maximum absolute atomic E-state index is 10.5. The van der Waals surface area contributed by atoms with Gasteiger partial charge in [-0.2, -0.15) is 0 Å². The van der Waals surface area contributed by atoms with Gasteiger partial charge in [0.25, 0.3) is 0 Å². The number of carbonyl (C=O) groups excluding carboxylic acids is 1. The number of hydrogen-bond acceptors (Lipinski definition) is 4. The lowest BCUT2D eigenvalue weighted by Gasteiger charge is -2.03. The first-order valence-corrected chi connectivity index (χ1v) is 6.22. The number of aromatic nitrogens is 2. The van der Waals surface area contributed by atoms with Crippen molar-refractivity contribution >= 4 is 18.0 Å². The van der Waals surface area contributed by atoms with Crippen molar-refractivity contribution in [3.05, 3.63) is 53.3 Å². The Balaban J connectivity index is 2.02. The largest absolute Gasteiger partial charge is 0.298 e. The molecule has 0 atom stereocenters. The molecule has 17 heavy (non-hydrogen) atoms. The third-order valence-electron chi connectivity index (χ3n) is 2.40. The molecule has 4 heteroatoms. The molecule has 0 saturated heterocycles. The predicted molar refractivity (Wildman–Crippen MR) is 68.2 cm³/mol. The van der Waals surface area contributed by atoms with E-state index in [4.69, 9.17) is 0 Å². The van der Waals surface area contributed by atoms with E-state index >= 15 is 0 Å². The standard InChI is InChI=1S/C13H12N2OS/c1-10-4-2-3-5-12(10)9-17-13-14-6-11(8-16)7-15-13/h2-8H,9H2,1H3. The second-order valence-corrected chi connectivity index (χ2v) is 4.57. The first kappa shape index (κ1) is 11.8. The summed E-state index contributed by atoms with van der Waals surface area (Å²) in [6.45, 7) is 2.09. The van der Waals surface area contributed by atoms with Gasteiger partial charge >= 0.3 is 0 Å². The molecule has 0 unspecified atom stereocenters. The summed E-state index contributed by atoms with van der Waals surface area (Å²) in [7, 11) is 0. The Morgan fingerprint density at radius 3 is 2.59 bits per heavy atom. The van der Waals surface area contributed by atoms with Crippen LogP contribution in [0.2, 0.25) is 0 Å². The molecule has 0 fully saturated rings. The summed E-state index contributed by atoms with van der Waals surface area (Å²) in [5, 5.41) is 0.693. The molecule has 1 aromatic carbocycles. The number of aryl methyl sites for hydroxylation is 1. The summed E-state index contributed by atoms with van der Waals surface area (Å²) in [6.07, 6.45) is 3.83. The van der Waals surface area contributed by atoms with Crippen LogP contribution in [0.25, 0.3) is 0 Å². The molecule has 0 aliphatic carbocycles. The van der Waals surface area contributed by atoms with Crippen molar-refractivity contribution in [3.63, 3.8) is 0 Å². The summed E-state index contributed by atoms with van der Waals surface area (Å²) in [6, 6.07) is 8.24. The van der Waals surface area contributed by atoms with E-state index in [-0.39, 0.29) is 0 Å². The lowest BCUT2D eigenvalue weighted by atomic mass is 10.1. The zero-order chi connectivity index (χ0) is 12.1. The van der Waals surface area contributed by atoms with Crippen LogP contribution in [-0.4, -0.2) is 16.3 Å². The minimum atomic E-state index is 0.505. The number of rotatable bonds is 4. The van der Waals surface area contributed by atoms with Crippen molar-refractivity contribution in [3.8, 4) is 0 Å². The van der Waals surface area contributed by atoms with Crippen molar-refractivity contribution in [1.29, 1.82) is 0 Å². The Kier molecular flexibility index (Phi) is 3.88. The Hall–Kier alpha value is -1.68. The molecule has 1 aromatic heterocycles. The summed E-state index contributed by atoms with van der Waals surface area (Å²) < 4.78 is 0. The third-order valence-corrected chi connectivity index (χ3v) is 3.33. The molecule has 0 bridgehead atoms. The number of thioether (sulfide) groups is 1. The highest BCUT2D eigenvalue weighted by Crippen LogP contribution is 2.20. The fourth-order valence-electron chi connectivity index (χ4n) is 1.38. The third kappa shape index (κ3) is 3.14. The van der Waals surface area contributed by atoms with Gasteiger partial charge in [0.2, 0.25) is 0 Å². The smallest absolute Gasteiger partial charge is 0.187 e. The Morgan fingerprint density at radius 1 is 1.24 bits per heavy atom. The van der Waals surface area contributed by atoms with Gasteiger partial charge in [0, 0.05) is 18.1 Å². The van der Waals surface area contributed by atoms with Crippen molar-refractivity contribution in [2.24, 2.45) is 0 Å². The van der Waals surface area contributed by atoms with E-state index in [1.165, 1.54) is 11.1 Å². The monoisotopic (exact) mass is 244 g/mol. The van der Waals surface area contributed by atoms with Crippen LogP contribution in [0.15, 0.2) is 41.8 Å². The average Bonchev–Trinajstić information content (AvgIpc) is 2.38. The molecule has 0 aliphatic heterocycles. The minimum absolute atomic E-state index is 0.505. The van der Waals surface area contributed by atoms with Crippen LogP contribution in [0, 0.1) is 6.92 Å². The lowest BCUT2D eigenvalue weighted by Crippen LogP contribution is -1.91. The molecule has 0 aliphatic rings. The molecule has 0 radical (unpaired) electrons. The molecule has 0 amide bonds. The average molecular weight is 244 g/mol. The van der Waals surface area contributed by atoms with Crippen LogP contribution in [0.3, 0.4) is 0 Å². The Morgan fingerprint density at radius 2 is 1.94 bits per heavy atom. The van der Waals surface area contributed by atoms with Crippen molar-refractivity contribution < 1.29 is 4.79 Å². The quantitative estimate of drug-likeness (QED) is 0.471. The molecular formula is C13H12N2OS. The summed E-state index contributed by atoms with van der Waals surface area (Å²) in [5.74, 6) is 0.840. The van der Waals surface area contributed by atoms with Gasteiger partial charge in [-0.1, -0.05) is 36.0 Å². The number of aldehydes is 1. The van der Waals surface area contributed by atoms with E-state index in [1.807, 2.05) is 12.1 Å². The fourth-order valence-corrected chi connectivity index (χ4v) is 2.24. The molecule has 0 saturated carbocycles. The van der Waals surface area contributed by atoms with Gasteiger partial charge in [0.05, 0.1) is 5.56 Å². The Bertz CT molecular complexity index is 511. The van der Waals surface area contributed by atoms with Gasteiger partial charge in [-0.15, -0.1) is 0 Å². The lowest BCUT2D eigenvalue weighted by molar-refractivity contribution is 0.112. The number of nitrogens with zero attached hydrogens (tertiary/aromatic N) is 2. The second kappa shape index (κ2) is 5.59. The number of hydrogen-bond donors (Lipinski definition) is 0. The topological polar surface area (TPSA) is 42.9 Å². The molecule has 86 valence electrons. The van der Waals surface area contributed by atoms with E-state index < -0.39 is 0 Å². The van der Waals surface area contributed by atoms with Gasteiger partial charge in [0.1, 0.15) is 0 Å². The van der Waals surface area contributed by atoms with E-state index in [0.29, 0.717) is 10.7 Å². The number of benzene rings is 1. The SMILES string of the molecule is Cc1ccccc1CSc1ncc(C=O)cn1. The van der Waals surface area contributed by atoms with E-state index in [1.54, 1.807) is 24.2 Å². The summed E-state index contributed by atoms with van der Waals surface area (Å²) >= 11 is 1.57. The second-order valence-electron chi connectivity index (χ2n) is 3.63. The molecule has 1 heterocycles. The zero-order valence-electron chi connectivity index (χ0n) is 9.46. The normalized spacial score (nSPS) is 10.2. The van der Waals surface area contributed by atoms with Gasteiger partial charge in [-0.25, -0.2) is 9.97 Å². The van der Waals surface area contributed by atoms with E-state index in [9.17, 15) is 4.79 Å². The molecule has 0 spiro atoms. The molecule has 3 nitrogen and oxygen atoms in total. The van der Waals surface area contributed by atoms with Crippen LogP contribution < -0.4 is 0 Å². The van der Waals surface area contributed by atoms with Crippen molar-refractivity contribution in [2.45, 2.75) is 17.8 Å². The van der Waals surface area contributed by atoms with Gasteiger partial charge in [-0.05, 0) is 18.1 Å². The molecule has 2 rings (SSSR count). The van der Waals surface area contributed by atoms with Crippen molar-refractivity contribution in [2.75, 3.05) is 0 Å². The first-order chi connectivity index (χ1) is 8.29. The maximum Gasteiger partial charge on any atom is 0.187 e. The maximum atomic E-state index is 10.5. The molecule has 2 aromatic rings. The fraction of sp³-hybridized carbons (Fsp3) is 0.154. The van der Waals surface area contributed by atoms with E-state index in [0.717, 1.165) is 12.0 Å². The first-order valence-electron chi connectivity index (χ1n) is 5.24. The van der Waals surface area contributed by atoms with Crippen LogP contribution in [0.5, 0.6) is 0 Å². The molecule has 0 N–H and O–H groups in total.